The van der Waals surface area contributed by atoms with Gasteiger partial charge in [0, 0.05) is 24.6 Å². The number of aromatic nitrogens is 4. The molecule has 2 aromatic heterocycles. The summed E-state index contributed by atoms with van der Waals surface area (Å²) in [6, 6.07) is 20.7. The number of aryl methyl sites for hydroxylation is 1. The van der Waals surface area contributed by atoms with Crippen molar-refractivity contribution >= 4 is 16.9 Å². The molecule has 0 radical (unpaired) electrons. The molecule has 28 heavy (non-hydrogen) atoms. The van der Waals surface area contributed by atoms with Crippen molar-refractivity contribution in [1.82, 2.24) is 20.2 Å². The fraction of sp³-hybridized carbons (Fsp3) is 0.261. The standard InChI is InChI=1S/C23H23N5/c1-16-7-8-20-21(15-16)25-23(24-20)18-11-13-28(14-12-18)22-10-9-19(26-27-22)17-5-3-2-4-6-17/h2-10,15,18H,11-14H2,1H3,(H,24,25). The smallest absolute Gasteiger partial charge is 0.151 e. The van der Waals surface area contributed by atoms with E-state index in [0.29, 0.717) is 5.92 Å². The Hall–Kier alpha value is -3.21. The van der Waals surface area contributed by atoms with Crippen LogP contribution in [-0.2, 0) is 0 Å². The van der Waals surface area contributed by atoms with E-state index in [0.717, 1.165) is 59.9 Å². The number of hydrogen-bond donors (Lipinski definition) is 1. The van der Waals surface area contributed by atoms with E-state index in [1.165, 1.54) is 5.56 Å². The number of benzene rings is 2. The normalized spacial score (nSPS) is 15.2. The molecule has 0 saturated carbocycles. The summed E-state index contributed by atoms with van der Waals surface area (Å²) in [5.74, 6) is 2.55. The third-order valence-corrected chi connectivity index (χ3v) is 5.58. The van der Waals surface area contributed by atoms with Gasteiger partial charge in [0.25, 0.3) is 0 Å². The Morgan fingerprint density at radius 1 is 0.929 bits per heavy atom. The van der Waals surface area contributed by atoms with Crippen molar-refractivity contribution < 1.29 is 0 Å². The molecular formula is C23H23N5. The van der Waals surface area contributed by atoms with Crippen molar-refractivity contribution in [3.05, 3.63) is 72.1 Å². The number of imidazole rings is 1. The first kappa shape index (κ1) is 16.9. The Kier molecular flexibility index (Phi) is 4.28. The van der Waals surface area contributed by atoms with E-state index in [1.807, 2.05) is 18.2 Å². The third-order valence-electron chi connectivity index (χ3n) is 5.58. The number of anilines is 1. The lowest BCUT2D eigenvalue weighted by Gasteiger charge is -2.31. The van der Waals surface area contributed by atoms with Crippen LogP contribution in [0.1, 0.15) is 30.1 Å². The van der Waals surface area contributed by atoms with Gasteiger partial charge in [0.2, 0.25) is 0 Å². The summed E-state index contributed by atoms with van der Waals surface area (Å²) < 4.78 is 0. The van der Waals surface area contributed by atoms with Crippen LogP contribution < -0.4 is 4.90 Å². The molecule has 0 aliphatic carbocycles. The summed E-state index contributed by atoms with van der Waals surface area (Å²) in [5, 5.41) is 8.90. The molecule has 5 rings (SSSR count). The second-order valence-electron chi connectivity index (χ2n) is 7.55. The number of aromatic amines is 1. The molecule has 0 atom stereocenters. The highest BCUT2D eigenvalue weighted by Crippen LogP contribution is 2.30. The molecule has 0 unspecified atom stereocenters. The van der Waals surface area contributed by atoms with Crippen LogP contribution in [0.25, 0.3) is 22.3 Å². The summed E-state index contributed by atoms with van der Waals surface area (Å²) in [4.78, 5) is 10.7. The van der Waals surface area contributed by atoms with Gasteiger partial charge in [0.05, 0.1) is 16.7 Å². The zero-order valence-corrected chi connectivity index (χ0v) is 16.0. The van der Waals surface area contributed by atoms with Gasteiger partial charge >= 0.3 is 0 Å². The van der Waals surface area contributed by atoms with Crippen LogP contribution in [0.4, 0.5) is 5.82 Å². The number of H-pyrrole nitrogens is 1. The summed E-state index contributed by atoms with van der Waals surface area (Å²) in [5.41, 5.74) is 5.47. The molecule has 5 nitrogen and oxygen atoms in total. The number of nitrogens with one attached hydrogen (secondary N) is 1. The average Bonchev–Trinajstić information content (AvgIpc) is 3.18. The molecule has 3 heterocycles. The van der Waals surface area contributed by atoms with E-state index in [-0.39, 0.29) is 0 Å². The maximum Gasteiger partial charge on any atom is 0.151 e. The molecule has 140 valence electrons. The number of fused-ring (bicyclic) bond motifs is 1. The minimum absolute atomic E-state index is 0.473. The molecule has 1 aliphatic heterocycles. The highest BCUT2D eigenvalue weighted by molar-refractivity contribution is 5.75. The van der Waals surface area contributed by atoms with E-state index in [2.05, 4.69) is 69.5 Å². The lowest BCUT2D eigenvalue weighted by atomic mass is 9.96. The Balaban J connectivity index is 1.27. The van der Waals surface area contributed by atoms with Gasteiger partial charge in [-0.3, -0.25) is 0 Å². The van der Waals surface area contributed by atoms with Gasteiger partial charge in [-0.05, 0) is 49.6 Å². The Morgan fingerprint density at radius 2 is 1.75 bits per heavy atom. The molecule has 0 bridgehead atoms. The number of hydrogen-bond acceptors (Lipinski definition) is 4. The second-order valence-corrected chi connectivity index (χ2v) is 7.55. The first-order chi connectivity index (χ1) is 13.8. The van der Waals surface area contributed by atoms with Gasteiger partial charge in [-0.15, -0.1) is 10.2 Å². The maximum absolute atomic E-state index is 4.82. The van der Waals surface area contributed by atoms with Gasteiger partial charge < -0.3 is 9.88 Å². The molecule has 1 aliphatic rings. The first-order valence-electron chi connectivity index (χ1n) is 9.87. The first-order valence-corrected chi connectivity index (χ1v) is 9.87. The monoisotopic (exact) mass is 369 g/mol. The topological polar surface area (TPSA) is 57.7 Å². The van der Waals surface area contributed by atoms with Gasteiger partial charge in [0.1, 0.15) is 5.82 Å². The van der Waals surface area contributed by atoms with Crippen LogP contribution >= 0.6 is 0 Å². The average molecular weight is 369 g/mol. The van der Waals surface area contributed by atoms with E-state index in [9.17, 15) is 0 Å². The molecule has 1 N–H and O–H groups in total. The molecule has 1 fully saturated rings. The summed E-state index contributed by atoms with van der Waals surface area (Å²) in [7, 11) is 0. The van der Waals surface area contributed by atoms with Gasteiger partial charge in [0.15, 0.2) is 5.82 Å². The number of piperidine rings is 1. The third kappa shape index (κ3) is 3.24. The lowest BCUT2D eigenvalue weighted by molar-refractivity contribution is 0.486. The van der Waals surface area contributed by atoms with E-state index < -0.39 is 0 Å². The Morgan fingerprint density at radius 3 is 2.50 bits per heavy atom. The van der Waals surface area contributed by atoms with Crippen LogP contribution in [0, 0.1) is 6.92 Å². The van der Waals surface area contributed by atoms with Gasteiger partial charge in [-0.25, -0.2) is 4.98 Å². The predicted molar refractivity (Wildman–Crippen MR) is 112 cm³/mol. The number of nitrogens with zero attached hydrogens (tertiary/aromatic N) is 4. The van der Waals surface area contributed by atoms with Crippen molar-refractivity contribution in [2.24, 2.45) is 0 Å². The van der Waals surface area contributed by atoms with Crippen LogP contribution in [0.15, 0.2) is 60.7 Å². The van der Waals surface area contributed by atoms with Crippen molar-refractivity contribution in [3.63, 3.8) is 0 Å². The van der Waals surface area contributed by atoms with Crippen LogP contribution in [-0.4, -0.2) is 33.3 Å². The SMILES string of the molecule is Cc1ccc2nc(C3CCN(c4ccc(-c5ccccc5)nn4)CC3)[nH]c2c1. The summed E-state index contributed by atoms with van der Waals surface area (Å²) >= 11 is 0. The molecule has 5 heteroatoms. The van der Waals surface area contributed by atoms with E-state index >= 15 is 0 Å². The van der Waals surface area contributed by atoms with E-state index in [1.54, 1.807) is 0 Å². The zero-order chi connectivity index (χ0) is 18.9. The molecule has 2 aromatic carbocycles. The van der Waals surface area contributed by atoms with Crippen molar-refractivity contribution in [3.8, 4) is 11.3 Å². The molecule has 0 amide bonds. The highest BCUT2D eigenvalue weighted by atomic mass is 15.3. The molecular weight excluding hydrogens is 346 g/mol. The van der Waals surface area contributed by atoms with Crippen LogP contribution in [0.3, 0.4) is 0 Å². The van der Waals surface area contributed by atoms with Crippen molar-refractivity contribution in [2.45, 2.75) is 25.7 Å². The van der Waals surface area contributed by atoms with Crippen LogP contribution in [0.5, 0.6) is 0 Å². The van der Waals surface area contributed by atoms with Crippen molar-refractivity contribution in [1.29, 1.82) is 0 Å². The summed E-state index contributed by atoms with van der Waals surface area (Å²) in [6.07, 6.45) is 2.14. The Bertz CT molecular complexity index is 1080. The largest absolute Gasteiger partial charge is 0.355 e. The number of rotatable bonds is 3. The zero-order valence-electron chi connectivity index (χ0n) is 16.0. The highest BCUT2D eigenvalue weighted by Gasteiger charge is 2.24. The molecule has 4 aromatic rings. The van der Waals surface area contributed by atoms with E-state index in [4.69, 9.17) is 4.98 Å². The molecule has 1 saturated heterocycles. The maximum atomic E-state index is 4.82. The van der Waals surface area contributed by atoms with Crippen LogP contribution in [0.2, 0.25) is 0 Å². The fourth-order valence-electron chi connectivity index (χ4n) is 3.98. The minimum Gasteiger partial charge on any atom is -0.355 e. The minimum atomic E-state index is 0.473. The fourth-order valence-corrected chi connectivity index (χ4v) is 3.98. The van der Waals surface area contributed by atoms with Gasteiger partial charge in [-0.2, -0.15) is 0 Å². The quantitative estimate of drug-likeness (QED) is 0.568. The second kappa shape index (κ2) is 7.08. The van der Waals surface area contributed by atoms with Crippen molar-refractivity contribution in [2.75, 3.05) is 18.0 Å². The Labute approximate surface area is 164 Å². The van der Waals surface area contributed by atoms with Gasteiger partial charge in [-0.1, -0.05) is 36.4 Å². The lowest BCUT2D eigenvalue weighted by Crippen LogP contribution is -2.33. The summed E-state index contributed by atoms with van der Waals surface area (Å²) in [6.45, 7) is 4.06. The molecule has 0 spiro atoms. The predicted octanol–water partition coefficient (Wildman–Crippen LogP) is 4.71.